The maximum Gasteiger partial charge on any atom is 0.261 e. The predicted molar refractivity (Wildman–Crippen MR) is 64.0 cm³/mol. The molecule has 0 saturated carbocycles. The fourth-order valence-electron chi connectivity index (χ4n) is 2.98. The maximum atomic E-state index is 12.0. The van der Waals surface area contributed by atoms with Crippen molar-refractivity contribution < 1.29 is 18.3 Å². The molecule has 0 spiro atoms. The van der Waals surface area contributed by atoms with E-state index in [0.29, 0.717) is 0 Å². The lowest BCUT2D eigenvalue weighted by Crippen LogP contribution is -2.47. The summed E-state index contributed by atoms with van der Waals surface area (Å²) in [5.41, 5.74) is 0. The van der Waals surface area contributed by atoms with Gasteiger partial charge in [0.1, 0.15) is 6.61 Å². The third kappa shape index (κ3) is 3.32. The molecule has 2 rings (SSSR count). The first-order valence-corrected chi connectivity index (χ1v) is 6.82. The van der Waals surface area contributed by atoms with Crippen LogP contribution in [0, 0.1) is 0 Å². The van der Waals surface area contributed by atoms with Crippen LogP contribution in [0.25, 0.3) is 0 Å². The van der Waals surface area contributed by atoms with Gasteiger partial charge in [-0.2, -0.15) is 0 Å². The number of piperidine rings is 1. The molecule has 2 unspecified atom stereocenters. The SMILES string of the molecule is O=C(CCOCC(F)F)N1C2CCC1CC(Cl)C2. The highest BCUT2D eigenvalue weighted by atomic mass is 35.5. The summed E-state index contributed by atoms with van der Waals surface area (Å²) in [7, 11) is 0. The summed E-state index contributed by atoms with van der Waals surface area (Å²) in [5, 5.41) is 0.168. The number of hydrogen-bond acceptors (Lipinski definition) is 2. The minimum absolute atomic E-state index is 0.0142. The molecule has 2 atom stereocenters. The van der Waals surface area contributed by atoms with Crippen molar-refractivity contribution in [3.63, 3.8) is 0 Å². The second-order valence-corrected chi connectivity index (χ2v) is 5.59. The molecular weight excluding hydrogens is 264 g/mol. The molecule has 1 amide bonds. The molecule has 18 heavy (non-hydrogen) atoms. The summed E-state index contributed by atoms with van der Waals surface area (Å²) in [5.74, 6) is 0.0142. The summed E-state index contributed by atoms with van der Waals surface area (Å²) < 4.78 is 28.5. The lowest BCUT2D eigenvalue weighted by Gasteiger charge is -2.37. The van der Waals surface area contributed by atoms with Crippen LogP contribution in [-0.4, -0.2) is 47.9 Å². The van der Waals surface area contributed by atoms with E-state index >= 15 is 0 Å². The normalized spacial score (nSPS) is 31.1. The Morgan fingerprint density at radius 3 is 2.50 bits per heavy atom. The molecule has 2 fully saturated rings. The Bertz CT molecular complexity index is 290. The van der Waals surface area contributed by atoms with Gasteiger partial charge in [0.15, 0.2) is 0 Å². The fourth-order valence-corrected chi connectivity index (χ4v) is 3.39. The van der Waals surface area contributed by atoms with Gasteiger partial charge in [-0.15, -0.1) is 11.6 Å². The lowest BCUT2D eigenvalue weighted by molar-refractivity contribution is -0.137. The number of amides is 1. The van der Waals surface area contributed by atoms with E-state index < -0.39 is 13.0 Å². The second kappa shape index (κ2) is 6.15. The van der Waals surface area contributed by atoms with Crippen LogP contribution < -0.4 is 0 Å². The number of carbonyl (C=O) groups is 1. The molecule has 2 bridgehead atoms. The zero-order valence-corrected chi connectivity index (χ0v) is 10.9. The van der Waals surface area contributed by atoms with Crippen molar-refractivity contribution in [1.82, 2.24) is 4.90 Å². The minimum atomic E-state index is -2.47. The lowest BCUT2D eigenvalue weighted by atomic mass is 10.0. The quantitative estimate of drug-likeness (QED) is 0.572. The van der Waals surface area contributed by atoms with E-state index in [2.05, 4.69) is 0 Å². The smallest absolute Gasteiger partial charge is 0.261 e. The molecule has 0 aromatic carbocycles. The number of halogens is 3. The van der Waals surface area contributed by atoms with Crippen LogP contribution in [0.2, 0.25) is 0 Å². The van der Waals surface area contributed by atoms with Crippen LogP contribution in [0.5, 0.6) is 0 Å². The average Bonchev–Trinajstić information content (AvgIpc) is 2.57. The van der Waals surface area contributed by atoms with Crippen molar-refractivity contribution in [2.45, 2.75) is 56.0 Å². The standard InChI is InChI=1S/C12H18ClF2NO2/c13-8-5-9-1-2-10(6-8)16(9)12(17)3-4-18-7-11(14)15/h8-11H,1-7H2. The van der Waals surface area contributed by atoms with Gasteiger partial charge in [-0.1, -0.05) is 0 Å². The van der Waals surface area contributed by atoms with Crippen molar-refractivity contribution in [3.05, 3.63) is 0 Å². The molecule has 104 valence electrons. The van der Waals surface area contributed by atoms with Gasteiger partial charge in [0, 0.05) is 17.5 Å². The number of ether oxygens (including phenoxy) is 1. The number of hydrogen-bond donors (Lipinski definition) is 0. The van der Waals surface area contributed by atoms with Gasteiger partial charge in [-0.25, -0.2) is 8.78 Å². The second-order valence-electron chi connectivity index (χ2n) is 4.97. The van der Waals surface area contributed by atoms with E-state index in [-0.39, 0.29) is 36.4 Å². The third-order valence-electron chi connectivity index (χ3n) is 3.67. The average molecular weight is 282 g/mol. The molecule has 0 aromatic rings. The highest BCUT2D eigenvalue weighted by molar-refractivity contribution is 6.20. The number of alkyl halides is 3. The van der Waals surface area contributed by atoms with Gasteiger partial charge >= 0.3 is 0 Å². The largest absolute Gasteiger partial charge is 0.375 e. The highest BCUT2D eigenvalue weighted by Gasteiger charge is 2.42. The predicted octanol–water partition coefficient (Wildman–Crippen LogP) is 2.42. The number of carbonyl (C=O) groups excluding carboxylic acids is 1. The van der Waals surface area contributed by atoms with Crippen molar-refractivity contribution in [2.24, 2.45) is 0 Å². The zero-order valence-electron chi connectivity index (χ0n) is 10.2. The highest BCUT2D eigenvalue weighted by Crippen LogP contribution is 2.38. The molecule has 2 aliphatic rings. The van der Waals surface area contributed by atoms with Crippen molar-refractivity contribution >= 4 is 17.5 Å². The van der Waals surface area contributed by atoms with Crippen molar-refractivity contribution in [3.8, 4) is 0 Å². The summed E-state index contributed by atoms with van der Waals surface area (Å²) in [6, 6.07) is 0.489. The Hall–Kier alpha value is -0.420. The van der Waals surface area contributed by atoms with Crippen LogP contribution in [0.3, 0.4) is 0 Å². The third-order valence-corrected chi connectivity index (χ3v) is 4.02. The Kier molecular flexibility index (Phi) is 4.78. The van der Waals surface area contributed by atoms with E-state index in [4.69, 9.17) is 16.3 Å². The number of fused-ring (bicyclic) bond motifs is 2. The first-order chi connectivity index (χ1) is 8.58. The van der Waals surface area contributed by atoms with Crippen LogP contribution in [-0.2, 0) is 9.53 Å². The van der Waals surface area contributed by atoms with Gasteiger partial charge < -0.3 is 9.64 Å². The zero-order chi connectivity index (χ0) is 13.1. The minimum Gasteiger partial charge on any atom is -0.375 e. The Morgan fingerprint density at radius 1 is 1.33 bits per heavy atom. The Morgan fingerprint density at radius 2 is 1.94 bits per heavy atom. The van der Waals surface area contributed by atoms with E-state index in [9.17, 15) is 13.6 Å². The molecule has 2 saturated heterocycles. The van der Waals surface area contributed by atoms with Gasteiger partial charge in [-0.05, 0) is 25.7 Å². The van der Waals surface area contributed by atoms with Crippen LogP contribution >= 0.6 is 11.6 Å². The monoisotopic (exact) mass is 281 g/mol. The van der Waals surface area contributed by atoms with Gasteiger partial charge in [0.25, 0.3) is 6.43 Å². The van der Waals surface area contributed by atoms with E-state index in [1.165, 1.54) is 0 Å². The van der Waals surface area contributed by atoms with Crippen LogP contribution in [0.1, 0.15) is 32.1 Å². The van der Waals surface area contributed by atoms with Gasteiger partial charge in [0.05, 0.1) is 13.0 Å². The van der Waals surface area contributed by atoms with Crippen molar-refractivity contribution in [1.29, 1.82) is 0 Å². The number of nitrogens with zero attached hydrogens (tertiary/aromatic N) is 1. The van der Waals surface area contributed by atoms with E-state index in [1.807, 2.05) is 4.90 Å². The summed E-state index contributed by atoms with van der Waals surface area (Å²) in [6.07, 6.45) is 1.44. The van der Waals surface area contributed by atoms with E-state index in [1.54, 1.807) is 0 Å². The molecule has 0 N–H and O–H groups in total. The maximum absolute atomic E-state index is 12.0. The van der Waals surface area contributed by atoms with Crippen molar-refractivity contribution in [2.75, 3.05) is 13.2 Å². The first-order valence-electron chi connectivity index (χ1n) is 6.39. The molecule has 2 heterocycles. The molecule has 2 aliphatic heterocycles. The summed E-state index contributed by atoms with van der Waals surface area (Å²) >= 11 is 6.13. The van der Waals surface area contributed by atoms with Gasteiger partial charge in [0.2, 0.25) is 5.91 Å². The summed E-state index contributed by atoms with van der Waals surface area (Å²) in [6.45, 7) is -0.521. The van der Waals surface area contributed by atoms with Gasteiger partial charge in [-0.3, -0.25) is 4.79 Å². The summed E-state index contributed by atoms with van der Waals surface area (Å²) in [4.78, 5) is 13.9. The molecule has 6 heteroatoms. The molecule has 0 aliphatic carbocycles. The topological polar surface area (TPSA) is 29.5 Å². The molecular formula is C12H18ClF2NO2. The first kappa shape index (κ1) is 14.0. The fraction of sp³-hybridized carbons (Fsp3) is 0.917. The molecule has 0 aromatic heterocycles. The Balaban J connectivity index is 1.76. The Labute approximate surface area is 110 Å². The van der Waals surface area contributed by atoms with E-state index in [0.717, 1.165) is 25.7 Å². The molecule has 0 radical (unpaired) electrons. The van der Waals surface area contributed by atoms with Crippen LogP contribution in [0.4, 0.5) is 8.78 Å². The number of rotatable bonds is 5. The molecule has 3 nitrogen and oxygen atoms in total. The van der Waals surface area contributed by atoms with Crippen LogP contribution in [0.15, 0.2) is 0 Å².